The average molecular weight is 520 g/mol. The normalized spacial score (nSPS) is 11.5. The van der Waals surface area contributed by atoms with Gasteiger partial charge in [0.15, 0.2) is 0 Å². The summed E-state index contributed by atoms with van der Waals surface area (Å²) in [5.41, 5.74) is 5.44. The van der Waals surface area contributed by atoms with Gasteiger partial charge in [-0.15, -0.1) is 0 Å². The SMILES string of the molecule is CCCCCn1c(-c2cccc3nc(NCCCOC)n(CCCCC)c23)nc2cc(C(=O)OC)ccc21. The zero-order valence-corrected chi connectivity index (χ0v) is 23.3. The number of aromatic nitrogens is 4. The fraction of sp³-hybridized carbons (Fsp3) is 0.500. The van der Waals surface area contributed by atoms with E-state index < -0.39 is 0 Å². The van der Waals surface area contributed by atoms with Crippen LogP contribution in [0.25, 0.3) is 33.5 Å². The summed E-state index contributed by atoms with van der Waals surface area (Å²) in [6.45, 7) is 7.70. The van der Waals surface area contributed by atoms with Gasteiger partial charge in [-0.1, -0.05) is 45.6 Å². The van der Waals surface area contributed by atoms with Gasteiger partial charge >= 0.3 is 5.97 Å². The number of para-hydroxylation sites is 1. The lowest BCUT2D eigenvalue weighted by atomic mass is 10.1. The number of rotatable bonds is 15. The van der Waals surface area contributed by atoms with Crippen LogP contribution in [0.5, 0.6) is 0 Å². The maximum atomic E-state index is 12.2. The summed E-state index contributed by atoms with van der Waals surface area (Å²) in [4.78, 5) is 22.3. The number of benzene rings is 2. The molecule has 0 atom stereocenters. The lowest BCUT2D eigenvalue weighted by Crippen LogP contribution is -2.11. The molecule has 0 amide bonds. The van der Waals surface area contributed by atoms with E-state index in [0.29, 0.717) is 12.2 Å². The summed E-state index contributed by atoms with van der Waals surface area (Å²) in [6.07, 6.45) is 7.67. The van der Waals surface area contributed by atoms with Crippen LogP contribution in [-0.4, -0.2) is 52.4 Å². The highest BCUT2D eigenvalue weighted by Gasteiger charge is 2.21. The highest BCUT2D eigenvalue weighted by atomic mass is 16.5. The first kappa shape index (κ1) is 27.6. The van der Waals surface area contributed by atoms with Crippen LogP contribution in [0, 0.1) is 0 Å². The van der Waals surface area contributed by atoms with Crippen molar-refractivity contribution in [2.45, 2.75) is 71.9 Å². The molecule has 2 heterocycles. The minimum absolute atomic E-state index is 0.353. The fourth-order valence-corrected chi connectivity index (χ4v) is 4.98. The van der Waals surface area contributed by atoms with Crippen LogP contribution in [-0.2, 0) is 22.6 Å². The van der Waals surface area contributed by atoms with Gasteiger partial charge in [-0.25, -0.2) is 14.8 Å². The lowest BCUT2D eigenvalue weighted by Gasteiger charge is -2.14. The zero-order valence-electron chi connectivity index (χ0n) is 23.3. The Morgan fingerprint density at radius 3 is 2.37 bits per heavy atom. The van der Waals surface area contributed by atoms with Crippen molar-refractivity contribution >= 4 is 34.0 Å². The number of nitrogens with zero attached hydrogens (tertiary/aromatic N) is 4. The second kappa shape index (κ2) is 13.4. The number of aryl methyl sites for hydroxylation is 2. The Morgan fingerprint density at radius 1 is 0.895 bits per heavy atom. The largest absolute Gasteiger partial charge is 0.465 e. The van der Waals surface area contributed by atoms with Crippen molar-refractivity contribution < 1.29 is 14.3 Å². The standard InChI is InChI=1S/C30H41N5O3/c1-5-7-9-18-34-26-16-15-22(29(36)38-4)21-25(26)32-28(34)23-13-11-14-24-27(23)35(19-10-8-6-2)30(33-24)31-17-12-20-37-3/h11,13-16,21H,5-10,12,17-20H2,1-4H3,(H,31,33). The van der Waals surface area contributed by atoms with Gasteiger partial charge in [0.2, 0.25) is 5.95 Å². The predicted octanol–water partition coefficient (Wildman–Crippen LogP) is 6.67. The number of methoxy groups -OCH3 is 2. The van der Waals surface area contributed by atoms with Crippen molar-refractivity contribution in [2.24, 2.45) is 0 Å². The van der Waals surface area contributed by atoms with Gasteiger partial charge in [0.05, 0.1) is 34.7 Å². The molecular formula is C30H41N5O3. The van der Waals surface area contributed by atoms with E-state index in [-0.39, 0.29) is 5.97 Å². The summed E-state index contributed by atoms with van der Waals surface area (Å²) in [7, 11) is 3.13. The fourth-order valence-electron chi connectivity index (χ4n) is 4.98. The second-order valence-corrected chi connectivity index (χ2v) is 9.73. The number of esters is 1. The lowest BCUT2D eigenvalue weighted by molar-refractivity contribution is 0.0601. The Kier molecular flexibility index (Phi) is 9.76. The predicted molar refractivity (Wildman–Crippen MR) is 154 cm³/mol. The molecule has 38 heavy (non-hydrogen) atoms. The summed E-state index contributed by atoms with van der Waals surface area (Å²) in [5, 5.41) is 3.55. The molecule has 0 aliphatic rings. The number of ether oxygens (including phenoxy) is 2. The molecule has 4 rings (SSSR count). The van der Waals surface area contributed by atoms with E-state index in [1.165, 1.54) is 7.11 Å². The molecule has 8 nitrogen and oxygen atoms in total. The number of imidazole rings is 2. The van der Waals surface area contributed by atoms with Crippen LogP contribution in [0.3, 0.4) is 0 Å². The number of unbranched alkanes of at least 4 members (excludes halogenated alkanes) is 4. The zero-order chi connectivity index (χ0) is 26.9. The second-order valence-electron chi connectivity index (χ2n) is 9.73. The summed E-state index contributed by atoms with van der Waals surface area (Å²) >= 11 is 0. The van der Waals surface area contributed by atoms with Crippen LogP contribution in [0.4, 0.5) is 5.95 Å². The van der Waals surface area contributed by atoms with Crippen molar-refractivity contribution in [1.82, 2.24) is 19.1 Å². The Labute approximate surface area is 225 Å². The van der Waals surface area contributed by atoms with Crippen LogP contribution in [0.2, 0.25) is 0 Å². The third-order valence-corrected chi connectivity index (χ3v) is 6.96. The van der Waals surface area contributed by atoms with E-state index in [4.69, 9.17) is 19.4 Å². The molecule has 2 aromatic heterocycles. The molecule has 0 radical (unpaired) electrons. The van der Waals surface area contributed by atoms with Crippen molar-refractivity contribution in [3.63, 3.8) is 0 Å². The van der Waals surface area contributed by atoms with Crippen LogP contribution in [0.15, 0.2) is 36.4 Å². The molecule has 0 aliphatic carbocycles. The summed E-state index contributed by atoms with van der Waals surface area (Å²) in [6, 6.07) is 11.9. The Hall–Kier alpha value is -3.39. The number of carbonyl (C=O) groups is 1. The quantitative estimate of drug-likeness (QED) is 0.140. The molecule has 4 aromatic rings. The van der Waals surface area contributed by atoms with Gasteiger partial charge < -0.3 is 23.9 Å². The average Bonchev–Trinajstić information content (AvgIpc) is 3.48. The smallest absolute Gasteiger partial charge is 0.337 e. The topological polar surface area (TPSA) is 83.2 Å². The van der Waals surface area contributed by atoms with E-state index in [1.54, 1.807) is 7.11 Å². The molecule has 0 aliphatic heterocycles. The van der Waals surface area contributed by atoms with Crippen LogP contribution >= 0.6 is 0 Å². The van der Waals surface area contributed by atoms with E-state index in [0.717, 1.165) is 104 Å². The van der Waals surface area contributed by atoms with E-state index in [9.17, 15) is 4.79 Å². The van der Waals surface area contributed by atoms with Crippen molar-refractivity contribution in [3.8, 4) is 11.4 Å². The summed E-state index contributed by atoms with van der Waals surface area (Å²) in [5.74, 6) is 1.45. The molecule has 2 aromatic carbocycles. The maximum absolute atomic E-state index is 12.2. The first-order valence-electron chi connectivity index (χ1n) is 13.9. The molecule has 0 saturated carbocycles. The number of anilines is 1. The minimum atomic E-state index is -0.353. The molecule has 0 unspecified atom stereocenters. The number of nitrogens with one attached hydrogen (secondary N) is 1. The van der Waals surface area contributed by atoms with Gasteiger partial charge in [-0.2, -0.15) is 0 Å². The molecule has 0 bridgehead atoms. The number of hydrogen-bond donors (Lipinski definition) is 1. The van der Waals surface area contributed by atoms with Gasteiger partial charge in [0, 0.05) is 38.9 Å². The molecule has 204 valence electrons. The highest BCUT2D eigenvalue weighted by Crippen LogP contribution is 2.34. The maximum Gasteiger partial charge on any atom is 0.337 e. The van der Waals surface area contributed by atoms with Gasteiger partial charge in [0.25, 0.3) is 0 Å². The monoisotopic (exact) mass is 519 g/mol. The number of fused-ring (bicyclic) bond motifs is 2. The molecule has 0 spiro atoms. The number of carbonyl (C=O) groups excluding carboxylic acids is 1. The van der Waals surface area contributed by atoms with Crippen molar-refractivity contribution in [3.05, 3.63) is 42.0 Å². The third kappa shape index (κ3) is 6.01. The van der Waals surface area contributed by atoms with Gasteiger partial charge in [0.1, 0.15) is 5.82 Å². The molecule has 1 N–H and O–H groups in total. The molecule has 8 heteroatoms. The highest BCUT2D eigenvalue weighted by molar-refractivity contribution is 5.97. The van der Waals surface area contributed by atoms with Crippen LogP contribution in [0.1, 0.15) is 69.2 Å². The Morgan fingerprint density at radius 2 is 1.66 bits per heavy atom. The molecular weight excluding hydrogens is 478 g/mol. The van der Waals surface area contributed by atoms with Crippen molar-refractivity contribution in [2.75, 3.05) is 32.7 Å². The van der Waals surface area contributed by atoms with E-state index in [1.807, 2.05) is 18.2 Å². The minimum Gasteiger partial charge on any atom is -0.465 e. The molecule has 0 saturated heterocycles. The summed E-state index contributed by atoms with van der Waals surface area (Å²) < 4.78 is 14.8. The van der Waals surface area contributed by atoms with E-state index in [2.05, 4.69) is 46.5 Å². The first-order valence-corrected chi connectivity index (χ1v) is 13.9. The van der Waals surface area contributed by atoms with Gasteiger partial charge in [-0.3, -0.25) is 0 Å². The van der Waals surface area contributed by atoms with Crippen LogP contribution < -0.4 is 5.32 Å². The molecule has 0 fully saturated rings. The Bertz CT molecular complexity index is 1360. The van der Waals surface area contributed by atoms with Gasteiger partial charge in [-0.05, 0) is 49.6 Å². The first-order chi connectivity index (χ1) is 18.6. The Balaban J connectivity index is 1.86. The number of hydrogen-bond acceptors (Lipinski definition) is 6. The van der Waals surface area contributed by atoms with Crippen molar-refractivity contribution in [1.29, 1.82) is 0 Å². The van der Waals surface area contributed by atoms with E-state index >= 15 is 0 Å². The third-order valence-electron chi connectivity index (χ3n) is 6.96.